The standard InChI is InChI=1S/C15H16BrClN2O/c16-12-7-6-11(15(17)9-12)8-13(19-18)10-20-14-4-2-1-3-5-14/h1-7,9,13,19H,8,10,18H2. The minimum absolute atomic E-state index is 0.00567. The molecule has 0 radical (unpaired) electrons. The summed E-state index contributed by atoms with van der Waals surface area (Å²) in [6.07, 6.45) is 0.704. The molecule has 2 aromatic rings. The van der Waals surface area contributed by atoms with Gasteiger partial charge in [-0.2, -0.15) is 0 Å². The second-order valence-corrected chi connectivity index (χ2v) is 5.75. The monoisotopic (exact) mass is 354 g/mol. The Hall–Kier alpha value is -1.07. The van der Waals surface area contributed by atoms with Crippen LogP contribution in [0.1, 0.15) is 5.56 Å². The van der Waals surface area contributed by atoms with Crippen LogP contribution in [0.5, 0.6) is 5.75 Å². The molecule has 1 atom stereocenters. The Labute approximate surface area is 132 Å². The molecule has 2 rings (SSSR count). The maximum Gasteiger partial charge on any atom is 0.119 e. The Kier molecular flexibility index (Phi) is 5.86. The van der Waals surface area contributed by atoms with Gasteiger partial charge in [-0.3, -0.25) is 11.3 Å². The lowest BCUT2D eigenvalue weighted by atomic mass is 10.1. The molecule has 0 fully saturated rings. The van der Waals surface area contributed by atoms with E-state index in [0.29, 0.717) is 13.0 Å². The molecule has 20 heavy (non-hydrogen) atoms. The minimum atomic E-state index is -0.00567. The van der Waals surface area contributed by atoms with E-state index < -0.39 is 0 Å². The molecule has 1 unspecified atom stereocenters. The van der Waals surface area contributed by atoms with Crippen LogP contribution in [0, 0.1) is 0 Å². The predicted octanol–water partition coefficient (Wildman–Crippen LogP) is 3.56. The van der Waals surface area contributed by atoms with Gasteiger partial charge in [0, 0.05) is 9.50 Å². The summed E-state index contributed by atoms with van der Waals surface area (Å²) in [6.45, 7) is 0.479. The minimum Gasteiger partial charge on any atom is -0.492 e. The molecular formula is C15H16BrClN2O. The molecule has 5 heteroatoms. The average molecular weight is 356 g/mol. The van der Waals surface area contributed by atoms with Crippen molar-refractivity contribution in [3.63, 3.8) is 0 Å². The quantitative estimate of drug-likeness (QED) is 0.615. The van der Waals surface area contributed by atoms with Gasteiger partial charge in [0.05, 0.1) is 6.04 Å². The number of halogens is 2. The van der Waals surface area contributed by atoms with Gasteiger partial charge in [-0.15, -0.1) is 0 Å². The second kappa shape index (κ2) is 7.64. The Morgan fingerprint density at radius 2 is 1.95 bits per heavy atom. The molecular weight excluding hydrogens is 340 g/mol. The first-order valence-corrected chi connectivity index (χ1v) is 7.44. The molecule has 0 aliphatic carbocycles. The Morgan fingerprint density at radius 3 is 2.60 bits per heavy atom. The number of nitrogens with two attached hydrogens (primary N) is 1. The largest absolute Gasteiger partial charge is 0.492 e. The van der Waals surface area contributed by atoms with Crippen molar-refractivity contribution in [1.29, 1.82) is 0 Å². The molecule has 106 valence electrons. The highest BCUT2D eigenvalue weighted by atomic mass is 79.9. The molecule has 0 bridgehead atoms. The van der Waals surface area contributed by atoms with Gasteiger partial charge in [0.25, 0.3) is 0 Å². The summed E-state index contributed by atoms with van der Waals surface area (Å²) in [7, 11) is 0. The summed E-state index contributed by atoms with van der Waals surface area (Å²) in [4.78, 5) is 0. The first kappa shape index (κ1) is 15.3. The van der Waals surface area contributed by atoms with Crippen molar-refractivity contribution >= 4 is 27.5 Å². The van der Waals surface area contributed by atoms with Gasteiger partial charge >= 0.3 is 0 Å². The van der Waals surface area contributed by atoms with Gasteiger partial charge in [-0.1, -0.05) is 51.8 Å². The van der Waals surface area contributed by atoms with Crippen molar-refractivity contribution in [3.05, 3.63) is 63.6 Å². The molecule has 3 nitrogen and oxygen atoms in total. The summed E-state index contributed by atoms with van der Waals surface area (Å²) >= 11 is 9.60. The van der Waals surface area contributed by atoms with Crippen LogP contribution in [0.25, 0.3) is 0 Å². The third kappa shape index (κ3) is 4.49. The van der Waals surface area contributed by atoms with Crippen LogP contribution < -0.4 is 16.0 Å². The highest BCUT2D eigenvalue weighted by Crippen LogP contribution is 2.22. The number of para-hydroxylation sites is 1. The van der Waals surface area contributed by atoms with Crippen molar-refractivity contribution in [2.75, 3.05) is 6.61 Å². The molecule has 0 aromatic heterocycles. The van der Waals surface area contributed by atoms with Gasteiger partial charge in [0.15, 0.2) is 0 Å². The van der Waals surface area contributed by atoms with Gasteiger partial charge < -0.3 is 4.74 Å². The summed E-state index contributed by atoms with van der Waals surface area (Å²) in [5.74, 6) is 6.41. The number of rotatable bonds is 6. The number of hydrogen-bond donors (Lipinski definition) is 2. The molecule has 3 N–H and O–H groups in total. The zero-order valence-corrected chi connectivity index (χ0v) is 13.2. The fourth-order valence-electron chi connectivity index (χ4n) is 1.83. The van der Waals surface area contributed by atoms with Crippen molar-refractivity contribution in [1.82, 2.24) is 5.43 Å². The smallest absolute Gasteiger partial charge is 0.119 e. The van der Waals surface area contributed by atoms with Crippen molar-refractivity contribution in [3.8, 4) is 5.75 Å². The molecule has 2 aromatic carbocycles. The molecule has 0 saturated heterocycles. The van der Waals surface area contributed by atoms with E-state index in [1.54, 1.807) is 0 Å². The maximum atomic E-state index is 6.21. The Bertz CT molecular complexity index is 551. The summed E-state index contributed by atoms with van der Waals surface area (Å²) in [5.41, 5.74) is 3.80. The highest BCUT2D eigenvalue weighted by molar-refractivity contribution is 9.10. The van der Waals surface area contributed by atoms with E-state index in [1.807, 2.05) is 48.5 Å². The van der Waals surface area contributed by atoms with E-state index in [0.717, 1.165) is 20.8 Å². The van der Waals surface area contributed by atoms with Crippen molar-refractivity contribution in [2.24, 2.45) is 5.84 Å². The zero-order chi connectivity index (χ0) is 14.4. The lowest BCUT2D eigenvalue weighted by Gasteiger charge is -2.17. The first-order chi connectivity index (χ1) is 9.69. The Balaban J connectivity index is 1.95. The third-order valence-corrected chi connectivity index (χ3v) is 3.76. The topological polar surface area (TPSA) is 47.3 Å². The molecule has 0 amide bonds. The van der Waals surface area contributed by atoms with Crippen LogP contribution in [0.2, 0.25) is 5.02 Å². The molecule has 0 aliphatic heterocycles. The highest BCUT2D eigenvalue weighted by Gasteiger charge is 2.11. The number of hydrazine groups is 1. The first-order valence-electron chi connectivity index (χ1n) is 6.27. The molecule has 0 aliphatic rings. The van der Waals surface area contributed by atoms with Crippen molar-refractivity contribution < 1.29 is 4.74 Å². The third-order valence-electron chi connectivity index (χ3n) is 2.91. The predicted molar refractivity (Wildman–Crippen MR) is 85.9 cm³/mol. The van der Waals surface area contributed by atoms with Crippen LogP contribution in [-0.4, -0.2) is 12.6 Å². The van der Waals surface area contributed by atoms with E-state index in [1.165, 1.54) is 0 Å². The number of benzene rings is 2. The summed E-state index contributed by atoms with van der Waals surface area (Å²) < 4.78 is 6.66. The van der Waals surface area contributed by atoms with Crippen LogP contribution in [0.3, 0.4) is 0 Å². The van der Waals surface area contributed by atoms with Crippen LogP contribution in [0.15, 0.2) is 53.0 Å². The number of hydrogen-bond acceptors (Lipinski definition) is 3. The van der Waals surface area contributed by atoms with Gasteiger partial charge in [-0.25, -0.2) is 0 Å². The van der Waals surface area contributed by atoms with Gasteiger partial charge in [0.1, 0.15) is 12.4 Å². The van der Waals surface area contributed by atoms with Crippen LogP contribution in [0.4, 0.5) is 0 Å². The van der Waals surface area contributed by atoms with E-state index in [2.05, 4.69) is 21.4 Å². The normalized spacial score (nSPS) is 12.2. The van der Waals surface area contributed by atoms with Gasteiger partial charge in [0.2, 0.25) is 0 Å². The second-order valence-electron chi connectivity index (χ2n) is 4.43. The van der Waals surface area contributed by atoms with Crippen molar-refractivity contribution in [2.45, 2.75) is 12.5 Å². The number of nitrogens with one attached hydrogen (secondary N) is 1. The zero-order valence-electron chi connectivity index (χ0n) is 10.9. The van der Waals surface area contributed by atoms with E-state index in [4.69, 9.17) is 22.2 Å². The molecule has 0 spiro atoms. The van der Waals surface area contributed by atoms with Crippen LogP contribution in [-0.2, 0) is 6.42 Å². The maximum absolute atomic E-state index is 6.21. The fourth-order valence-corrected chi connectivity index (χ4v) is 2.58. The fraction of sp³-hybridized carbons (Fsp3) is 0.200. The molecule has 0 saturated carbocycles. The van der Waals surface area contributed by atoms with E-state index in [-0.39, 0.29) is 6.04 Å². The van der Waals surface area contributed by atoms with E-state index in [9.17, 15) is 0 Å². The number of ether oxygens (including phenoxy) is 1. The summed E-state index contributed by atoms with van der Waals surface area (Å²) in [6, 6.07) is 15.5. The lowest BCUT2D eigenvalue weighted by molar-refractivity contribution is 0.264. The average Bonchev–Trinajstić information content (AvgIpc) is 2.46. The van der Waals surface area contributed by atoms with E-state index >= 15 is 0 Å². The lowest BCUT2D eigenvalue weighted by Crippen LogP contribution is -2.41. The van der Waals surface area contributed by atoms with Crippen LogP contribution >= 0.6 is 27.5 Å². The summed E-state index contributed by atoms with van der Waals surface area (Å²) in [5, 5.41) is 0.722. The molecule has 0 heterocycles. The Morgan fingerprint density at radius 1 is 1.20 bits per heavy atom. The van der Waals surface area contributed by atoms with Gasteiger partial charge in [-0.05, 0) is 36.2 Å². The SMILES string of the molecule is NNC(COc1ccccc1)Cc1ccc(Br)cc1Cl.